The lowest BCUT2D eigenvalue weighted by Crippen LogP contribution is -2.18. The van der Waals surface area contributed by atoms with Gasteiger partial charge in [-0.2, -0.15) is 5.10 Å². The van der Waals surface area contributed by atoms with Gasteiger partial charge in [-0.3, -0.25) is 4.68 Å². The highest BCUT2D eigenvalue weighted by Crippen LogP contribution is 2.20. The van der Waals surface area contributed by atoms with Crippen molar-refractivity contribution in [3.05, 3.63) is 52.3 Å². The second kappa shape index (κ2) is 6.16. The number of aromatic nitrogens is 2. The van der Waals surface area contributed by atoms with E-state index in [-0.39, 0.29) is 0 Å². The van der Waals surface area contributed by atoms with Crippen LogP contribution in [0.5, 0.6) is 0 Å². The number of likely N-dealkylation sites (N-methyl/N-ethyl adjacent to an activating group) is 1. The fourth-order valence-electron chi connectivity index (χ4n) is 2.02. The van der Waals surface area contributed by atoms with Crippen LogP contribution < -0.4 is 5.32 Å². The standard InChI is InChI=1S/C14H18BrN3/c1-3-18-10-12(9-17-18)14(16-2)8-11-5-4-6-13(15)7-11/h4-7,9-10,14,16H,3,8H2,1-2H3. The maximum absolute atomic E-state index is 4.33. The van der Waals surface area contributed by atoms with E-state index in [1.165, 1.54) is 11.1 Å². The topological polar surface area (TPSA) is 29.9 Å². The van der Waals surface area contributed by atoms with Crippen molar-refractivity contribution in [3.8, 4) is 0 Å². The van der Waals surface area contributed by atoms with Crippen molar-refractivity contribution in [2.75, 3.05) is 7.05 Å². The van der Waals surface area contributed by atoms with Gasteiger partial charge in [0.05, 0.1) is 6.20 Å². The van der Waals surface area contributed by atoms with E-state index < -0.39 is 0 Å². The lowest BCUT2D eigenvalue weighted by Gasteiger charge is -2.14. The molecule has 0 saturated carbocycles. The highest BCUT2D eigenvalue weighted by molar-refractivity contribution is 9.10. The Morgan fingerprint density at radius 3 is 2.89 bits per heavy atom. The molecule has 4 heteroatoms. The van der Waals surface area contributed by atoms with E-state index in [2.05, 4.69) is 57.7 Å². The number of hydrogen-bond donors (Lipinski definition) is 1. The molecule has 0 aliphatic heterocycles. The van der Waals surface area contributed by atoms with Crippen LogP contribution in [-0.4, -0.2) is 16.8 Å². The van der Waals surface area contributed by atoms with Gasteiger partial charge in [-0.15, -0.1) is 0 Å². The predicted octanol–water partition coefficient (Wildman–Crippen LogP) is 3.17. The van der Waals surface area contributed by atoms with Gasteiger partial charge in [-0.1, -0.05) is 28.1 Å². The summed E-state index contributed by atoms with van der Waals surface area (Å²) in [4.78, 5) is 0. The average molecular weight is 308 g/mol. The molecule has 0 fully saturated rings. The van der Waals surface area contributed by atoms with Gasteiger partial charge in [0.15, 0.2) is 0 Å². The highest BCUT2D eigenvalue weighted by Gasteiger charge is 2.12. The van der Waals surface area contributed by atoms with E-state index >= 15 is 0 Å². The number of benzene rings is 1. The van der Waals surface area contributed by atoms with Crippen LogP contribution in [0.25, 0.3) is 0 Å². The molecular weight excluding hydrogens is 290 g/mol. The molecule has 1 N–H and O–H groups in total. The van der Waals surface area contributed by atoms with Gasteiger partial charge in [-0.05, 0) is 38.1 Å². The van der Waals surface area contributed by atoms with Crippen molar-refractivity contribution >= 4 is 15.9 Å². The first-order valence-corrected chi connectivity index (χ1v) is 6.96. The van der Waals surface area contributed by atoms with Gasteiger partial charge in [0, 0.05) is 28.8 Å². The summed E-state index contributed by atoms with van der Waals surface area (Å²) in [6.45, 7) is 3.01. The van der Waals surface area contributed by atoms with Crippen LogP contribution in [0.3, 0.4) is 0 Å². The van der Waals surface area contributed by atoms with E-state index in [0.717, 1.165) is 17.4 Å². The highest BCUT2D eigenvalue weighted by atomic mass is 79.9. The molecule has 1 unspecified atom stereocenters. The minimum atomic E-state index is 0.305. The quantitative estimate of drug-likeness (QED) is 0.919. The van der Waals surface area contributed by atoms with E-state index in [0.29, 0.717) is 6.04 Å². The molecule has 2 rings (SSSR count). The lowest BCUT2D eigenvalue weighted by atomic mass is 10.0. The molecular formula is C14H18BrN3. The number of rotatable bonds is 5. The number of nitrogens with zero attached hydrogens (tertiary/aromatic N) is 2. The SMILES string of the molecule is CCn1cc(C(Cc2cccc(Br)c2)NC)cn1. The molecule has 1 heterocycles. The van der Waals surface area contributed by atoms with Crippen LogP contribution in [0.2, 0.25) is 0 Å². The Morgan fingerprint density at radius 1 is 1.44 bits per heavy atom. The normalized spacial score (nSPS) is 12.6. The third-order valence-electron chi connectivity index (χ3n) is 3.06. The lowest BCUT2D eigenvalue weighted by molar-refractivity contribution is 0.589. The van der Waals surface area contributed by atoms with E-state index in [9.17, 15) is 0 Å². The number of hydrogen-bond acceptors (Lipinski definition) is 2. The molecule has 3 nitrogen and oxygen atoms in total. The Morgan fingerprint density at radius 2 is 2.28 bits per heavy atom. The summed E-state index contributed by atoms with van der Waals surface area (Å²) in [5.74, 6) is 0. The van der Waals surface area contributed by atoms with Gasteiger partial charge < -0.3 is 5.32 Å². The number of nitrogens with one attached hydrogen (secondary N) is 1. The zero-order valence-electron chi connectivity index (χ0n) is 10.7. The van der Waals surface area contributed by atoms with Crippen molar-refractivity contribution in [1.82, 2.24) is 15.1 Å². The smallest absolute Gasteiger partial charge is 0.0537 e. The molecule has 18 heavy (non-hydrogen) atoms. The molecule has 96 valence electrons. The van der Waals surface area contributed by atoms with Crippen molar-refractivity contribution in [1.29, 1.82) is 0 Å². The van der Waals surface area contributed by atoms with Crippen LogP contribution in [0.4, 0.5) is 0 Å². The maximum Gasteiger partial charge on any atom is 0.0537 e. The Labute approximate surface area is 116 Å². The minimum Gasteiger partial charge on any atom is -0.313 e. The third-order valence-corrected chi connectivity index (χ3v) is 3.55. The maximum atomic E-state index is 4.33. The average Bonchev–Trinajstić information content (AvgIpc) is 2.84. The number of aryl methyl sites for hydroxylation is 1. The van der Waals surface area contributed by atoms with Crippen LogP contribution in [0.1, 0.15) is 24.1 Å². The molecule has 1 aromatic heterocycles. The first-order valence-electron chi connectivity index (χ1n) is 6.17. The first-order chi connectivity index (χ1) is 8.72. The van der Waals surface area contributed by atoms with Crippen molar-refractivity contribution < 1.29 is 0 Å². The summed E-state index contributed by atoms with van der Waals surface area (Å²) < 4.78 is 3.08. The summed E-state index contributed by atoms with van der Waals surface area (Å²) >= 11 is 3.51. The van der Waals surface area contributed by atoms with Crippen molar-refractivity contribution in [2.24, 2.45) is 0 Å². The fraction of sp³-hybridized carbons (Fsp3) is 0.357. The molecule has 0 amide bonds. The Balaban J connectivity index is 2.14. The van der Waals surface area contributed by atoms with Crippen LogP contribution in [0, 0.1) is 0 Å². The first kappa shape index (κ1) is 13.3. The summed E-state index contributed by atoms with van der Waals surface area (Å²) in [5.41, 5.74) is 2.55. The number of halogens is 1. The molecule has 1 aromatic carbocycles. The molecule has 0 spiro atoms. The Hall–Kier alpha value is -1.13. The molecule has 0 bridgehead atoms. The molecule has 0 aliphatic rings. The van der Waals surface area contributed by atoms with E-state index in [4.69, 9.17) is 0 Å². The van der Waals surface area contributed by atoms with Crippen LogP contribution in [-0.2, 0) is 13.0 Å². The molecule has 2 aromatic rings. The van der Waals surface area contributed by atoms with Gasteiger partial charge in [0.2, 0.25) is 0 Å². The van der Waals surface area contributed by atoms with Crippen molar-refractivity contribution in [3.63, 3.8) is 0 Å². The minimum absolute atomic E-state index is 0.305. The molecule has 0 saturated heterocycles. The summed E-state index contributed by atoms with van der Waals surface area (Å²) in [6, 6.07) is 8.74. The van der Waals surface area contributed by atoms with Crippen LogP contribution in [0.15, 0.2) is 41.1 Å². The summed E-state index contributed by atoms with van der Waals surface area (Å²) in [6.07, 6.45) is 5.02. The van der Waals surface area contributed by atoms with Gasteiger partial charge in [-0.25, -0.2) is 0 Å². The largest absolute Gasteiger partial charge is 0.313 e. The van der Waals surface area contributed by atoms with Crippen LogP contribution >= 0.6 is 15.9 Å². The van der Waals surface area contributed by atoms with E-state index in [1.54, 1.807) is 0 Å². The predicted molar refractivity (Wildman–Crippen MR) is 77.5 cm³/mol. The monoisotopic (exact) mass is 307 g/mol. The van der Waals surface area contributed by atoms with Gasteiger partial charge in [0.25, 0.3) is 0 Å². The molecule has 0 aliphatic carbocycles. The van der Waals surface area contributed by atoms with E-state index in [1.807, 2.05) is 24.0 Å². The molecule has 0 radical (unpaired) electrons. The fourth-order valence-corrected chi connectivity index (χ4v) is 2.47. The van der Waals surface area contributed by atoms with Gasteiger partial charge >= 0.3 is 0 Å². The van der Waals surface area contributed by atoms with Gasteiger partial charge in [0.1, 0.15) is 0 Å². The Bertz CT molecular complexity index is 507. The summed E-state index contributed by atoms with van der Waals surface area (Å²) in [7, 11) is 1.99. The zero-order valence-corrected chi connectivity index (χ0v) is 12.3. The Kier molecular flexibility index (Phi) is 4.55. The second-order valence-electron chi connectivity index (χ2n) is 4.30. The molecule has 1 atom stereocenters. The zero-order chi connectivity index (χ0) is 13.0. The summed E-state index contributed by atoms with van der Waals surface area (Å²) in [5, 5.41) is 7.69. The second-order valence-corrected chi connectivity index (χ2v) is 5.22. The third kappa shape index (κ3) is 3.21. The van der Waals surface area contributed by atoms with Crippen molar-refractivity contribution in [2.45, 2.75) is 25.9 Å².